The molecule has 3 heteroatoms. The predicted molar refractivity (Wildman–Crippen MR) is 70.0 cm³/mol. The molecule has 0 unspecified atom stereocenters. The van der Waals surface area contributed by atoms with E-state index in [1.807, 2.05) is 48.5 Å². The molecule has 0 aliphatic rings. The second-order valence-electron chi connectivity index (χ2n) is 3.73. The van der Waals surface area contributed by atoms with E-state index in [4.69, 9.17) is 11.6 Å². The SMILES string of the molecule is Clc1nc2ccccc2cc1-c1ccccn1. The molecule has 0 saturated carbocycles. The Labute approximate surface area is 104 Å². The van der Waals surface area contributed by atoms with Gasteiger partial charge < -0.3 is 0 Å². The molecular weight excluding hydrogens is 232 g/mol. The van der Waals surface area contributed by atoms with Crippen molar-refractivity contribution in [3.8, 4) is 11.3 Å². The summed E-state index contributed by atoms with van der Waals surface area (Å²) in [4.78, 5) is 8.67. The molecule has 0 N–H and O–H groups in total. The van der Waals surface area contributed by atoms with Gasteiger partial charge in [0.1, 0.15) is 5.15 Å². The van der Waals surface area contributed by atoms with Crippen molar-refractivity contribution in [2.75, 3.05) is 0 Å². The number of halogens is 1. The van der Waals surface area contributed by atoms with Crippen molar-refractivity contribution in [1.29, 1.82) is 0 Å². The molecule has 3 aromatic rings. The molecule has 3 rings (SSSR count). The van der Waals surface area contributed by atoms with Gasteiger partial charge in [-0.2, -0.15) is 0 Å². The second kappa shape index (κ2) is 4.15. The standard InChI is InChI=1S/C14H9ClN2/c15-14-11(13-7-3-4-8-16-13)9-10-5-1-2-6-12(10)17-14/h1-9H. The Morgan fingerprint density at radius 1 is 0.941 bits per heavy atom. The van der Waals surface area contributed by atoms with Gasteiger partial charge in [-0.05, 0) is 24.3 Å². The van der Waals surface area contributed by atoms with Gasteiger partial charge in [-0.25, -0.2) is 4.98 Å². The Hall–Kier alpha value is -1.93. The van der Waals surface area contributed by atoms with E-state index in [1.54, 1.807) is 6.20 Å². The van der Waals surface area contributed by atoms with Crippen molar-refractivity contribution >= 4 is 22.5 Å². The topological polar surface area (TPSA) is 25.8 Å². The van der Waals surface area contributed by atoms with Crippen LogP contribution in [0.4, 0.5) is 0 Å². The average molecular weight is 241 g/mol. The monoisotopic (exact) mass is 240 g/mol. The van der Waals surface area contributed by atoms with Gasteiger partial charge in [-0.15, -0.1) is 0 Å². The largest absolute Gasteiger partial charge is 0.256 e. The highest BCUT2D eigenvalue weighted by molar-refractivity contribution is 6.32. The number of hydrogen-bond acceptors (Lipinski definition) is 2. The zero-order chi connectivity index (χ0) is 11.7. The molecule has 0 bridgehead atoms. The maximum Gasteiger partial charge on any atom is 0.139 e. The van der Waals surface area contributed by atoms with Crippen LogP contribution in [0.25, 0.3) is 22.2 Å². The molecule has 0 atom stereocenters. The molecule has 2 aromatic heterocycles. The third-order valence-electron chi connectivity index (χ3n) is 2.62. The van der Waals surface area contributed by atoms with Gasteiger partial charge in [-0.3, -0.25) is 4.98 Å². The number of nitrogens with zero attached hydrogens (tertiary/aromatic N) is 2. The highest BCUT2D eigenvalue weighted by Crippen LogP contribution is 2.28. The maximum absolute atomic E-state index is 6.19. The van der Waals surface area contributed by atoms with Crippen LogP contribution in [0.5, 0.6) is 0 Å². The van der Waals surface area contributed by atoms with Gasteiger partial charge in [0.15, 0.2) is 0 Å². The van der Waals surface area contributed by atoms with Gasteiger partial charge in [0.2, 0.25) is 0 Å². The fourth-order valence-electron chi connectivity index (χ4n) is 1.79. The van der Waals surface area contributed by atoms with E-state index in [-0.39, 0.29) is 0 Å². The molecule has 0 radical (unpaired) electrons. The molecule has 0 spiro atoms. The lowest BCUT2D eigenvalue weighted by Crippen LogP contribution is -1.87. The molecule has 2 heterocycles. The number of pyridine rings is 2. The summed E-state index contributed by atoms with van der Waals surface area (Å²) in [7, 11) is 0. The summed E-state index contributed by atoms with van der Waals surface area (Å²) in [5, 5.41) is 1.56. The van der Waals surface area contributed by atoms with Crippen molar-refractivity contribution in [3.05, 3.63) is 59.9 Å². The van der Waals surface area contributed by atoms with Crippen molar-refractivity contribution in [2.45, 2.75) is 0 Å². The average Bonchev–Trinajstić information content (AvgIpc) is 2.39. The number of rotatable bonds is 1. The lowest BCUT2D eigenvalue weighted by atomic mass is 10.1. The number of fused-ring (bicyclic) bond motifs is 1. The van der Waals surface area contributed by atoms with E-state index in [2.05, 4.69) is 9.97 Å². The van der Waals surface area contributed by atoms with Crippen molar-refractivity contribution < 1.29 is 0 Å². The first-order chi connectivity index (χ1) is 8.34. The first-order valence-corrected chi connectivity index (χ1v) is 5.69. The first-order valence-electron chi connectivity index (χ1n) is 5.31. The summed E-state index contributed by atoms with van der Waals surface area (Å²) >= 11 is 6.19. The summed E-state index contributed by atoms with van der Waals surface area (Å²) in [5.74, 6) is 0. The van der Waals surface area contributed by atoms with Crippen LogP contribution in [-0.2, 0) is 0 Å². The highest BCUT2D eigenvalue weighted by Gasteiger charge is 2.07. The highest BCUT2D eigenvalue weighted by atomic mass is 35.5. The van der Waals surface area contributed by atoms with Gasteiger partial charge in [-0.1, -0.05) is 35.9 Å². The smallest absolute Gasteiger partial charge is 0.139 e. The van der Waals surface area contributed by atoms with Gasteiger partial charge in [0.25, 0.3) is 0 Å². The van der Waals surface area contributed by atoms with Crippen LogP contribution in [0.1, 0.15) is 0 Å². The van der Waals surface area contributed by atoms with E-state index < -0.39 is 0 Å². The summed E-state index contributed by atoms with van der Waals surface area (Å²) in [6.45, 7) is 0. The quantitative estimate of drug-likeness (QED) is 0.602. The van der Waals surface area contributed by atoms with Gasteiger partial charge in [0, 0.05) is 17.1 Å². The van der Waals surface area contributed by atoms with Gasteiger partial charge in [0.05, 0.1) is 11.2 Å². The normalized spacial score (nSPS) is 10.6. The minimum absolute atomic E-state index is 0.488. The zero-order valence-corrected chi connectivity index (χ0v) is 9.72. The van der Waals surface area contributed by atoms with Crippen LogP contribution < -0.4 is 0 Å². The molecule has 2 nitrogen and oxygen atoms in total. The number of hydrogen-bond donors (Lipinski definition) is 0. The molecule has 0 aliphatic heterocycles. The molecule has 82 valence electrons. The molecule has 0 saturated heterocycles. The Bertz CT molecular complexity index is 665. The number of aromatic nitrogens is 2. The van der Waals surface area contributed by atoms with Crippen molar-refractivity contribution in [2.24, 2.45) is 0 Å². The lowest BCUT2D eigenvalue weighted by molar-refractivity contribution is 1.31. The van der Waals surface area contributed by atoms with Gasteiger partial charge >= 0.3 is 0 Å². The lowest BCUT2D eigenvalue weighted by Gasteiger charge is -2.05. The Balaban J connectivity index is 2.27. The predicted octanol–water partition coefficient (Wildman–Crippen LogP) is 3.95. The van der Waals surface area contributed by atoms with E-state index >= 15 is 0 Å². The van der Waals surface area contributed by atoms with Crippen molar-refractivity contribution in [3.63, 3.8) is 0 Å². The summed E-state index contributed by atoms with van der Waals surface area (Å²) in [5.41, 5.74) is 2.61. The summed E-state index contributed by atoms with van der Waals surface area (Å²) < 4.78 is 0. The Morgan fingerprint density at radius 2 is 1.76 bits per heavy atom. The molecule has 0 amide bonds. The third-order valence-corrected chi connectivity index (χ3v) is 2.91. The van der Waals surface area contributed by atoms with Crippen LogP contribution in [-0.4, -0.2) is 9.97 Å². The number of para-hydroxylation sites is 1. The molecular formula is C14H9ClN2. The van der Waals surface area contributed by atoms with Crippen LogP contribution in [0, 0.1) is 0 Å². The van der Waals surface area contributed by atoms with Crippen LogP contribution >= 0.6 is 11.6 Å². The second-order valence-corrected chi connectivity index (χ2v) is 4.09. The fraction of sp³-hybridized carbons (Fsp3) is 0. The Morgan fingerprint density at radius 3 is 2.59 bits per heavy atom. The maximum atomic E-state index is 6.19. The fourth-order valence-corrected chi connectivity index (χ4v) is 2.04. The van der Waals surface area contributed by atoms with E-state index in [9.17, 15) is 0 Å². The van der Waals surface area contributed by atoms with Crippen LogP contribution in [0.2, 0.25) is 5.15 Å². The molecule has 0 fully saturated rings. The van der Waals surface area contributed by atoms with Crippen molar-refractivity contribution in [1.82, 2.24) is 9.97 Å². The van der Waals surface area contributed by atoms with Crippen LogP contribution in [0.3, 0.4) is 0 Å². The zero-order valence-electron chi connectivity index (χ0n) is 8.97. The van der Waals surface area contributed by atoms with E-state index in [1.165, 1.54) is 0 Å². The molecule has 0 aliphatic carbocycles. The van der Waals surface area contributed by atoms with E-state index in [0.29, 0.717) is 5.15 Å². The summed E-state index contributed by atoms with van der Waals surface area (Å²) in [6, 6.07) is 15.7. The summed E-state index contributed by atoms with van der Waals surface area (Å²) in [6.07, 6.45) is 1.75. The first kappa shape index (κ1) is 10.2. The van der Waals surface area contributed by atoms with Crippen LogP contribution in [0.15, 0.2) is 54.7 Å². The van der Waals surface area contributed by atoms with E-state index in [0.717, 1.165) is 22.2 Å². The molecule has 1 aromatic carbocycles. The molecule has 17 heavy (non-hydrogen) atoms. The third kappa shape index (κ3) is 1.87. The Kier molecular flexibility index (Phi) is 2.50. The minimum Gasteiger partial charge on any atom is -0.256 e. The number of benzene rings is 1. The minimum atomic E-state index is 0.488.